The van der Waals surface area contributed by atoms with E-state index in [9.17, 15) is 0 Å². The van der Waals surface area contributed by atoms with Crippen molar-refractivity contribution in [2.45, 2.75) is 0 Å². The molecule has 0 N–H and O–H groups in total. The van der Waals surface area contributed by atoms with Gasteiger partial charge in [0.15, 0.2) is 0 Å². The van der Waals surface area contributed by atoms with Gasteiger partial charge >= 0.3 is 0 Å². The first-order valence-corrected chi connectivity index (χ1v) is 16.2. The molecule has 0 saturated carbocycles. The maximum absolute atomic E-state index is 5.56. The van der Waals surface area contributed by atoms with Crippen LogP contribution in [0.25, 0.3) is 51.5 Å². The predicted octanol–water partition coefficient (Wildman–Crippen LogP) is 11.4. The molecule has 0 bridgehead atoms. The molecule has 0 amide bonds. The quantitative estimate of drug-likeness (QED) is 0.176. The Morgan fingerprint density at radius 3 is 1.16 bits per heavy atom. The topological polar surface area (TPSA) is 18.5 Å². The fraction of sp³-hybridized carbons (Fsp3) is 0.0500. The Morgan fingerprint density at radius 1 is 0.386 bits per heavy atom. The molecule has 0 fully saturated rings. The van der Waals surface area contributed by atoms with Crippen LogP contribution in [0.15, 0.2) is 133 Å². The van der Waals surface area contributed by atoms with Gasteiger partial charge in [-0.1, -0.05) is 72.8 Å². The number of ether oxygens (including phenoxy) is 2. The molecule has 0 radical (unpaired) electrons. The Balaban J connectivity index is 1.47. The third-order valence-electron chi connectivity index (χ3n) is 8.34. The monoisotopic (exact) mass is 604 g/mol. The van der Waals surface area contributed by atoms with Gasteiger partial charge < -0.3 is 9.47 Å². The van der Waals surface area contributed by atoms with Crippen LogP contribution in [0.4, 0.5) is 0 Å². The third-order valence-corrected chi connectivity index (χ3v) is 10.6. The van der Waals surface area contributed by atoms with Crippen molar-refractivity contribution < 1.29 is 9.47 Å². The minimum atomic E-state index is 0.838. The van der Waals surface area contributed by atoms with E-state index in [4.69, 9.17) is 9.47 Å². The van der Waals surface area contributed by atoms with Crippen LogP contribution in [0.2, 0.25) is 0 Å². The van der Waals surface area contributed by atoms with E-state index in [1.165, 1.54) is 62.6 Å². The molecule has 8 rings (SSSR count). The fourth-order valence-corrected chi connectivity index (χ4v) is 8.36. The number of rotatable bonds is 6. The van der Waals surface area contributed by atoms with E-state index in [2.05, 4.69) is 133 Å². The van der Waals surface area contributed by atoms with E-state index in [0.717, 1.165) is 22.6 Å². The van der Waals surface area contributed by atoms with E-state index < -0.39 is 0 Å². The van der Waals surface area contributed by atoms with Crippen molar-refractivity contribution in [1.82, 2.24) is 0 Å². The van der Waals surface area contributed by atoms with Crippen LogP contribution in [0.1, 0.15) is 22.3 Å². The lowest BCUT2D eigenvalue weighted by Gasteiger charge is -2.19. The van der Waals surface area contributed by atoms with Gasteiger partial charge in [-0.15, -0.1) is 22.7 Å². The average Bonchev–Trinajstić information content (AvgIpc) is 3.65. The van der Waals surface area contributed by atoms with Gasteiger partial charge in [-0.2, -0.15) is 0 Å². The highest BCUT2D eigenvalue weighted by atomic mass is 32.1. The summed E-state index contributed by atoms with van der Waals surface area (Å²) in [6, 6.07) is 48.1. The Labute approximate surface area is 264 Å². The zero-order valence-electron chi connectivity index (χ0n) is 24.3. The molecule has 0 unspecified atom stereocenters. The van der Waals surface area contributed by atoms with Crippen LogP contribution in [0, 0.1) is 0 Å². The van der Waals surface area contributed by atoms with Crippen LogP contribution in [-0.4, -0.2) is 14.2 Å². The molecular formula is C40H28O2S2. The highest BCUT2D eigenvalue weighted by Crippen LogP contribution is 2.43. The van der Waals surface area contributed by atoms with E-state index in [1.54, 1.807) is 14.2 Å². The van der Waals surface area contributed by atoms with Gasteiger partial charge in [0.2, 0.25) is 0 Å². The van der Waals surface area contributed by atoms with Gasteiger partial charge in [0.25, 0.3) is 0 Å². The van der Waals surface area contributed by atoms with Crippen LogP contribution >= 0.6 is 22.7 Å². The minimum Gasteiger partial charge on any atom is -0.497 e. The Kier molecular flexibility index (Phi) is 6.67. The Bertz CT molecular complexity index is 2170. The highest BCUT2D eigenvalue weighted by Gasteiger charge is 2.19. The van der Waals surface area contributed by atoms with Crippen LogP contribution < -0.4 is 9.47 Å². The molecule has 0 saturated heterocycles. The fourth-order valence-electron chi connectivity index (χ4n) is 6.19. The first-order valence-electron chi connectivity index (χ1n) is 14.6. The van der Waals surface area contributed by atoms with Crippen molar-refractivity contribution in [2.24, 2.45) is 0 Å². The van der Waals surface area contributed by atoms with Gasteiger partial charge in [0.05, 0.1) is 14.2 Å². The highest BCUT2D eigenvalue weighted by molar-refractivity contribution is 7.26. The molecule has 2 heterocycles. The summed E-state index contributed by atoms with van der Waals surface area (Å²) in [7, 11) is 3.43. The summed E-state index contributed by atoms with van der Waals surface area (Å²) in [6.45, 7) is 0. The molecule has 0 aliphatic carbocycles. The number of hydrogen-bond donors (Lipinski definition) is 0. The molecule has 2 nitrogen and oxygen atoms in total. The molecule has 212 valence electrons. The lowest BCUT2D eigenvalue weighted by Crippen LogP contribution is -1.98. The molecule has 4 heteroatoms. The van der Waals surface area contributed by atoms with Crippen LogP contribution in [-0.2, 0) is 0 Å². The lowest BCUT2D eigenvalue weighted by atomic mass is 9.85. The number of methoxy groups -OCH3 is 2. The molecule has 6 aromatic carbocycles. The first kappa shape index (κ1) is 26.7. The van der Waals surface area contributed by atoms with Crippen molar-refractivity contribution >= 4 is 74.2 Å². The molecule has 0 aliphatic heterocycles. The van der Waals surface area contributed by atoms with Crippen molar-refractivity contribution in [3.05, 3.63) is 156 Å². The van der Waals surface area contributed by atoms with E-state index in [0.29, 0.717) is 0 Å². The lowest BCUT2D eigenvalue weighted by molar-refractivity contribution is 0.414. The summed E-state index contributed by atoms with van der Waals surface area (Å²) in [5.74, 6) is 1.68. The average molecular weight is 605 g/mol. The Hall–Kier alpha value is -4.90. The van der Waals surface area contributed by atoms with Crippen molar-refractivity contribution in [1.29, 1.82) is 0 Å². The second-order valence-corrected chi connectivity index (χ2v) is 13.0. The number of fused-ring (bicyclic) bond motifs is 6. The summed E-state index contributed by atoms with van der Waals surface area (Å²) in [6.07, 6.45) is 0. The normalized spacial score (nSPS) is 12.2. The van der Waals surface area contributed by atoms with E-state index in [-0.39, 0.29) is 0 Å². The molecular weight excluding hydrogens is 577 g/mol. The predicted molar refractivity (Wildman–Crippen MR) is 190 cm³/mol. The van der Waals surface area contributed by atoms with Crippen molar-refractivity contribution in [2.75, 3.05) is 14.2 Å². The summed E-state index contributed by atoms with van der Waals surface area (Å²) < 4.78 is 16.3. The maximum atomic E-state index is 5.56. The third kappa shape index (κ3) is 4.55. The van der Waals surface area contributed by atoms with Gasteiger partial charge in [0.1, 0.15) is 11.5 Å². The van der Waals surface area contributed by atoms with Crippen molar-refractivity contribution in [3.63, 3.8) is 0 Å². The van der Waals surface area contributed by atoms with E-state index >= 15 is 0 Å². The minimum absolute atomic E-state index is 0.838. The molecule has 0 aliphatic rings. The van der Waals surface area contributed by atoms with E-state index in [1.807, 2.05) is 22.7 Å². The largest absolute Gasteiger partial charge is 0.497 e. The summed E-state index contributed by atoms with van der Waals surface area (Å²) in [5, 5.41) is 5.14. The van der Waals surface area contributed by atoms with Gasteiger partial charge in [-0.3, -0.25) is 0 Å². The zero-order valence-corrected chi connectivity index (χ0v) is 26.0. The van der Waals surface area contributed by atoms with Gasteiger partial charge in [0, 0.05) is 40.3 Å². The number of benzene rings is 6. The van der Waals surface area contributed by atoms with Crippen LogP contribution in [0.3, 0.4) is 0 Å². The summed E-state index contributed by atoms with van der Waals surface area (Å²) in [4.78, 5) is 0. The Morgan fingerprint density at radius 2 is 0.750 bits per heavy atom. The first-order chi connectivity index (χ1) is 21.7. The maximum Gasteiger partial charge on any atom is 0.118 e. The molecule has 0 atom stereocenters. The second kappa shape index (κ2) is 11.0. The SMILES string of the molecule is COc1ccc(/C(=C(/c2ccc(OC)cc2)c2ccc3sc4ccccc4c3c2)c2ccc3sc4ccccc4c3c2)cc1. The van der Waals surface area contributed by atoms with Crippen LogP contribution in [0.5, 0.6) is 11.5 Å². The summed E-state index contributed by atoms with van der Waals surface area (Å²) >= 11 is 3.69. The zero-order chi connectivity index (χ0) is 29.6. The number of thiophene rings is 2. The molecule has 8 aromatic rings. The molecule has 44 heavy (non-hydrogen) atoms. The van der Waals surface area contributed by atoms with Crippen molar-refractivity contribution in [3.8, 4) is 11.5 Å². The molecule has 0 spiro atoms. The second-order valence-electron chi connectivity index (χ2n) is 10.8. The number of hydrogen-bond acceptors (Lipinski definition) is 4. The smallest absolute Gasteiger partial charge is 0.118 e. The van der Waals surface area contributed by atoms with Gasteiger partial charge in [-0.05, 0) is 94.1 Å². The van der Waals surface area contributed by atoms with Gasteiger partial charge in [-0.25, -0.2) is 0 Å². The summed E-state index contributed by atoms with van der Waals surface area (Å²) in [5.41, 5.74) is 6.96. The standard InChI is InChI=1S/C40H28O2S2/c1-41-29-17-11-25(12-18-29)39(27-15-21-37-33(23-27)31-7-3-5-9-35(31)43-37)40(26-13-19-30(42-2)20-14-26)28-16-22-38-34(24-28)32-8-4-6-10-36(32)44-38/h3-24H,1-2H3/b40-39+. The molecule has 2 aromatic heterocycles.